The Kier molecular flexibility index (Phi) is 18.0. The van der Waals surface area contributed by atoms with E-state index in [1.54, 1.807) is 0 Å². The van der Waals surface area contributed by atoms with Crippen molar-refractivity contribution in [2.75, 3.05) is 0 Å². The summed E-state index contributed by atoms with van der Waals surface area (Å²) < 4.78 is 0. The molecule has 1 N–H and O–H groups in total. The van der Waals surface area contributed by atoms with Crippen molar-refractivity contribution in [3.05, 3.63) is 0 Å². The van der Waals surface area contributed by atoms with Gasteiger partial charge in [-0.05, 0) is 6.42 Å². The SMILES string of the molecule is CCCCCCCCCCCCCCCCCCC(S)C(=O)O. The van der Waals surface area contributed by atoms with E-state index in [4.69, 9.17) is 5.11 Å². The van der Waals surface area contributed by atoms with E-state index in [-0.39, 0.29) is 0 Å². The lowest BCUT2D eigenvalue weighted by atomic mass is 10.0. The van der Waals surface area contributed by atoms with Gasteiger partial charge in [-0.15, -0.1) is 0 Å². The Hall–Kier alpha value is -0.180. The maximum Gasteiger partial charge on any atom is 0.316 e. The summed E-state index contributed by atoms with van der Waals surface area (Å²) in [6, 6.07) is 0. The van der Waals surface area contributed by atoms with Crippen LogP contribution in [0.2, 0.25) is 0 Å². The van der Waals surface area contributed by atoms with Crippen LogP contribution in [-0.2, 0) is 4.79 Å². The van der Waals surface area contributed by atoms with Gasteiger partial charge in [0.25, 0.3) is 0 Å². The number of unbranched alkanes of at least 4 members (excludes halogenated alkanes) is 15. The fourth-order valence-electron chi connectivity index (χ4n) is 3.01. The highest BCUT2D eigenvalue weighted by atomic mass is 32.1. The van der Waals surface area contributed by atoms with Gasteiger partial charge in [0.05, 0.1) is 5.25 Å². The first-order chi connectivity index (χ1) is 11.2. The van der Waals surface area contributed by atoms with Crippen molar-refractivity contribution >= 4 is 18.6 Å². The maximum absolute atomic E-state index is 10.6. The van der Waals surface area contributed by atoms with Gasteiger partial charge in [0.1, 0.15) is 0 Å². The minimum absolute atomic E-state index is 0.471. The van der Waals surface area contributed by atoms with Crippen LogP contribution in [0, 0.1) is 0 Å². The minimum atomic E-state index is -0.783. The highest BCUT2D eigenvalue weighted by Gasteiger charge is 2.10. The van der Waals surface area contributed by atoms with Gasteiger partial charge in [-0.2, -0.15) is 12.6 Å². The standard InChI is InChI=1S/C20H40O2S/c1-2-3-4-5-6-7-8-9-10-11-12-13-14-15-16-17-18-19(23)20(21)22/h19,23H,2-18H2,1H3,(H,21,22). The predicted octanol–water partition coefficient (Wildman–Crippen LogP) is 7.02. The van der Waals surface area contributed by atoms with E-state index < -0.39 is 11.2 Å². The second-order valence-electron chi connectivity index (χ2n) is 6.95. The molecule has 0 spiro atoms. The average Bonchev–Trinajstić information content (AvgIpc) is 2.54. The molecule has 1 atom stereocenters. The Bertz CT molecular complexity index is 256. The highest BCUT2D eigenvalue weighted by Crippen LogP contribution is 2.15. The molecule has 2 nitrogen and oxygen atoms in total. The molecule has 0 bridgehead atoms. The summed E-state index contributed by atoms with van der Waals surface area (Å²) in [6.45, 7) is 2.27. The van der Waals surface area contributed by atoms with E-state index >= 15 is 0 Å². The van der Waals surface area contributed by atoms with Gasteiger partial charge in [-0.1, -0.05) is 110 Å². The van der Waals surface area contributed by atoms with Crippen molar-refractivity contribution in [3.8, 4) is 0 Å². The van der Waals surface area contributed by atoms with Crippen LogP contribution in [0.1, 0.15) is 116 Å². The van der Waals surface area contributed by atoms with E-state index in [9.17, 15) is 4.79 Å². The summed E-state index contributed by atoms with van der Waals surface area (Å²) in [4.78, 5) is 10.6. The molecule has 0 fully saturated rings. The third-order valence-electron chi connectivity index (χ3n) is 4.62. The first kappa shape index (κ1) is 22.8. The fraction of sp³-hybridized carbons (Fsp3) is 0.950. The zero-order chi connectivity index (χ0) is 17.2. The predicted molar refractivity (Wildman–Crippen MR) is 105 cm³/mol. The Labute approximate surface area is 150 Å². The summed E-state index contributed by atoms with van der Waals surface area (Å²) >= 11 is 4.05. The number of carboxylic acids is 1. The Morgan fingerprint density at radius 2 is 1.00 bits per heavy atom. The molecule has 1 unspecified atom stereocenters. The smallest absolute Gasteiger partial charge is 0.316 e. The van der Waals surface area contributed by atoms with Crippen LogP contribution < -0.4 is 0 Å². The molecule has 0 aliphatic heterocycles. The van der Waals surface area contributed by atoms with Gasteiger partial charge in [-0.3, -0.25) is 4.79 Å². The molecule has 23 heavy (non-hydrogen) atoms. The molecular formula is C20H40O2S. The first-order valence-corrected chi connectivity index (χ1v) is 10.6. The molecule has 3 heteroatoms. The van der Waals surface area contributed by atoms with Crippen molar-refractivity contribution in [3.63, 3.8) is 0 Å². The second-order valence-corrected chi connectivity index (χ2v) is 7.57. The number of thiol groups is 1. The van der Waals surface area contributed by atoms with E-state index in [0.717, 1.165) is 12.8 Å². The summed E-state index contributed by atoms with van der Waals surface area (Å²) in [6.07, 6.45) is 22.3. The summed E-state index contributed by atoms with van der Waals surface area (Å²) in [7, 11) is 0. The van der Waals surface area contributed by atoms with E-state index in [1.807, 2.05) is 0 Å². The number of carbonyl (C=O) groups is 1. The van der Waals surface area contributed by atoms with Crippen molar-refractivity contribution in [2.45, 2.75) is 121 Å². The number of aliphatic carboxylic acids is 1. The fourth-order valence-corrected chi connectivity index (χ4v) is 3.19. The monoisotopic (exact) mass is 344 g/mol. The van der Waals surface area contributed by atoms with Gasteiger partial charge >= 0.3 is 5.97 Å². The first-order valence-electron chi connectivity index (χ1n) is 10.1. The lowest BCUT2D eigenvalue weighted by molar-refractivity contribution is -0.136. The molecule has 0 aromatic carbocycles. The molecule has 138 valence electrons. The van der Waals surface area contributed by atoms with Crippen molar-refractivity contribution in [2.24, 2.45) is 0 Å². The Morgan fingerprint density at radius 1 is 0.696 bits per heavy atom. The number of hydrogen-bond donors (Lipinski definition) is 2. The van der Waals surface area contributed by atoms with Crippen LogP contribution in [-0.4, -0.2) is 16.3 Å². The molecule has 0 aliphatic carbocycles. The number of carboxylic acid groups (broad SMARTS) is 1. The van der Waals surface area contributed by atoms with E-state index in [0.29, 0.717) is 6.42 Å². The minimum Gasteiger partial charge on any atom is -0.480 e. The number of rotatable bonds is 18. The van der Waals surface area contributed by atoms with Crippen LogP contribution in [0.25, 0.3) is 0 Å². The van der Waals surface area contributed by atoms with Crippen molar-refractivity contribution in [1.82, 2.24) is 0 Å². The lowest BCUT2D eigenvalue weighted by Crippen LogP contribution is -2.12. The molecule has 0 aliphatic rings. The van der Waals surface area contributed by atoms with Gasteiger partial charge in [-0.25, -0.2) is 0 Å². The van der Waals surface area contributed by atoms with Crippen LogP contribution in [0.3, 0.4) is 0 Å². The third kappa shape index (κ3) is 18.0. The van der Waals surface area contributed by atoms with Gasteiger partial charge in [0.15, 0.2) is 0 Å². The molecular weight excluding hydrogens is 304 g/mol. The topological polar surface area (TPSA) is 37.3 Å². The quantitative estimate of drug-likeness (QED) is 0.207. The second kappa shape index (κ2) is 18.2. The summed E-state index contributed by atoms with van der Waals surface area (Å²) in [5.74, 6) is -0.783. The van der Waals surface area contributed by atoms with Gasteiger partial charge in [0.2, 0.25) is 0 Å². The van der Waals surface area contributed by atoms with Crippen LogP contribution in [0.4, 0.5) is 0 Å². The zero-order valence-electron chi connectivity index (χ0n) is 15.4. The van der Waals surface area contributed by atoms with Gasteiger partial charge < -0.3 is 5.11 Å². The lowest BCUT2D eigenvalue weighted by Gasteiger charge is -2.05. The molecule has 0 heterocycles. The molecule has 0 saturated heterocycles. The molecule has 0 aromatic rings. The zero-order valence-corrected chi connectivity index (χ0v) is 16.3. The van der Waals surface area contributed by atoms with Crippen LogP contribution in [0.15, 0.2) is 0 Å². The molecule has 0 aromatic heterocycles. The molecule has 0 radical (unpaired) electrons. The summed E-state index contributed by atoms with van der Waals surface area (Å²) in [5.41, 5.74) is 0. The Morgan fingerprint density at radius 3 is 1.30 bits per heavy atom. The van der Waals surface area contributed by atoms with Gasteiger partial charge in [0, 0.05) is 0 Å². The van der Waals surface area contributed by atoms with Crippen LogP contribution >= 0.6 is 12.6 Å². The molecule has 0 rings (SSSR count). The largest absolute Gasteiger partial charge is 0.480 e. The van der Waals surface area contributed by atoms with E-state index in [1.165, 1.54) is 89.9 Å². The van der Waals surface area contributed by atoms with Crippen molar-refractivity contribution in [1.29, 1.82) is 0 Å². The molecule has 0 amide bonds. The maximum atomic E-state index is 10.6. The van der Waals surface area contributed by atoms with Crippen molar-refractivity contribution < 1.29 is 9.90 Å². The summed E-state index contributed by atoms with van der Waals surface area (Å²) in [5, 5.41) is 8.26. The highest BCUT2D eigenvalue weighted by molar-refractivity contribution is 7.81. The van der Waals surface area contributed by atoms with E-state index in [2.05, 4.69) is 19.6 Å². The average molecular weight is 345 g/mol. The molecule has 0 saturated carbocycles. The Balaban J connectivity index is 3.04. The third-order valence-corrected chi connectivity index (χ3v) is 5.10. The van der Waals surface area contributed by atoms with Crippen LogP contribution in [0.5, 0.6) is 0 Å². The normalized spacial score (nSPS) is 12.4. The number of hydrogen-bond acceptors (Lipinski definition) is 2.